The number of hydrogen-bond acceptors (Lipinski definition) is 5. The van der Waals surface area contributed by atoms with Gasteiger partial charge in [-0.3, -0.25) is 4.79 Å². The summed E-state index contributed by atoms with van der Waals surface area (Å²) in [5.74, 6) is -0.701. The lowest BCUT2D eigenvalue weighted by Gasteiger charge is -2.27. The standard InChI is InChI=1S/C22H26N2O4S/c1-5-24(15(2)3)17-12-10-16(11-13-17)23-22(25)21-19(14-29(4,26)27)18-8-6-7-9-20(18)28-21/h6-13,15H,5,14H2,1-4H3,(H,23,25). The fourth-order valence-electron chi connectivity index (χ4n) is 3.46. The van der Waals surface area contributed by atoms with Crippen LogP contribution in [0.5, 0.6) is 0 Å². The van der Waals surface area contributed by atoms with Gasteiger partial charge in [0.15, 0.2) is 15.6 Å². The number of nitrogens with zero attached hydrogens (tertiary/aromatic N) is 1. The van der Waals surface area contributed by atoms with Crippen LogP contribution >= 0.6 is 0 Å². The summed E-state index contributed by atoms with van der Waals surface area (Å²) in [4.78, 5) is 15.1. The first-order valence-corrected chi connectivity index (χ1v) is 11.6. The second-order valence-corrected chi connectivity index (χ2v) is 9.50. The average molecular weight is 415 g/mol. The molecule has 1 heterocycles. The van der Waals surface area contributed by atoms with Crippen molar-refractivity contribution < 1.29 is 17.6 Å². The van der Waals surface area contributed by atoms with Crippen molar-refractivity contribution in [2.24, 2.45) is 0 Å². The van der Waals surface area contributed by atoms with Gasteiger partial charge in [-0.25, -0.2) is 8.42 Å². The number of anilines is 2. The van der Waals surface area contributed by atoms with Crippen LogP contribution in [0.4, 0.5) is 11.4 Å². The molecule has 3 rings (SSSR count). The van der Waals surface area contributed by atoms with Gasteiger partial charge in [-0.1, -0.05) is 18.2 Å². The van der Waals surface area contributed by atoms with Crippen molar-refractivity contribution in [1.82, 2.24) is 0 Å². The lowest BCUT2D eigenvalue weighted by molar-refractivity contribution is 0.0998. The molecule has 1 N–H and O–H groups in total. The maximum atomic E-state index is 12.9. The van der Waals surface area contributed by atoms with Crippen LogP contribution < -0.4 is 10.2 Å². The Kier molecular flexibility index (Phi) is 5.98. The molecule has 0 unspecified atom stereocenters. The normalized spacial score (nSPS) is 11.8. The molecule has 29 heavy (non-hydrogen) atoms. The number of carbonyl (C=O) groups is 1. The van der Waals surface area contributed by atoms with Gasteiger partial charge in [0.1, 0.15) is 5.58 Å². The Bertz CT molecular complexity index is 1120. The van der Waals surface area contributed by atoms with Crippen LogP contribution in [0.25, 0.3) is 11.0 Å². The summed E-state index contributed by atoms with van der Waals surface area (Å²) in [7, 11) is -3.34. The van der Waals surface area contributed by atoms with Gasteiger partial charge in [0, 0.05) is 41.2 Å². The zero-order chi connectivity index (χ0) is 21.2. The highest BCUT2D eigenvalue weighted by atomic mass is 32.2. The number of para-hydroxylation sites is 1. The van der Waals surface area contributed by atoms with E-state index in [0.717, 1.165) is 18.5 Å². The third kappa shape index (κ3) is 4.79. The molecule has 3 aromatic rings. The summed E-state index contributed by atoms with van der Waals surface area (Å²) in [5.41, 5.74) is 2.56. The highest BCUT2D eigenvalue weighted by Crippen LogP contribution is 2.28. The lowest BCUT2D eigenvalue weighted by atomic mass is 10.1. The smallest absolute Gasteiger partial charge is 0.291 e. The first-order chi connectivity index (χ1) is 13.7. The lowest BCUT2D eigenvalue weighted by Crippen LogP contribution is -2.30. The van der Waals surface area contributed by atoms with Crippen molar-refractivity contribution in [2.45, 2.75) is 32.6 Å². The van der Waals surface area contributed by atoms with E-state index in [0.29, 0.717) is 28.3 Å². The van der Waals surface area contributed by atoms with Gasteiger partial charge in [-0.05, 0) is 51.1 Å². The zero-order valence-electron chi connectivity index (χ0n) is 17.1. The van der Waals surface area contributed by atoms with Gasteiger partial charge < -0.3 is 14.6 Å². The molecule has 0 saturated heterocycles. The quantitative estimate of drug-likeness (QED) is 0.617. The van der Waals surface area contributed by atoms with Crippen LogP contribution in [0, 0.1) is 0 Å². The van der Waals surface area contributed by atoms with E-state index < -0.39 is 15.7 Å². The van der Waals surface area contributed by atoms with Crippen LogP contribution in [-0.2, 0) is 15.6 Å². The first kappa shape index (κ1) is 20.9. The molecular formula is C22H26N2O4S. The largest absolute Gasteiger partial charge is 0.451 e. The van der Waals surface area contributed by atoms with E-state index in [1.54, 1.807) is 24.3 Å². The number of sulfone groups is 1. The third-order valence-electron chi connectivity index (χ3n) is 4.73. The summed E-state index contributed by atoms with van der Waals surface area (Å²) in [5, 5.41) is 3.45. The van der Waals surface area contributed by atoms with E-state index in [-0.39, 0.29) is 11.5 Å². The number of fused-ring (bicyclic) bond motifs is 1. The van der Waals surface area contributed by atoms with Crippen molar-refractivity contribution >= 4 is 38.1 Å². The van der Waals surface area contributed by atoms with Crippen LogP contribution in [0.1, 0.15) is 36.9 Å². The predicted molar refractivity (Wildman–Crippen MR) is 117 cm³/mol. The number of amides is 1. The van der Waals surface area contributed by atoms with Crippen LogP contribution in [-0.4, -0.2) is 33.2 Å². The van der Waals surface area contributed by atoms with Gasteiger partial charge in [-0.15, -0.1) is 0 Å². The maximum absolute atomic E-state index is 12.9. The summed E-state index contributed by atoms with van der Waals surface area (Å²) in [6.45, 7) is 7.24. The number of rotatable bonds is 7. The molecule has 0 aliphatic carbocycles. The van der Waals surface area contributed by atoms with E-state index >= 15 is 0 Å². The molecule has 0 radical (unpaired) electrons. The molecular weight excluding hydrogens is 388 g/mol. The molecule has 0 spiro atoms. The minimum Gasteiger partial charge on any atom is -0.451 e. The van der Waals surface area contributed by atoms with Crippen molar-refractivity contribution in [3.05, 3.63) is 59.9 Å². The Hall–Kier alpha value is -2.80. The molecule has 154 valence electrons. The van der Waals surface area contributed by atoms with E-state index in [2.05, 4.69) is 31.0 Å². The third-order valence-corrected chi connectivity index (χ3v) is 5.54. The monoisotopic (exact) mass is 414 g/mol. The van der Waals surface area contributed by atoms with E-state index in [1.165, 1.54) is 0 Å². The van der Waals surface area contributed by atoms with Gasteiger partial charge >= 0.3 is 0 Å². The Balaban J connectivity index is 1.89. The molecule has 6 nitrogen and oxygen atoms in total. The van der Waals surface area contributed by atoms with Crippen molar-refractivity contribution in [3.8, 4) is 0 Å². The summed E-state index contributed by atoms with van der Waals surface area (Å²) >= 11 is 0. The molecule has 1 aromatic heterocycles. The SMILES string of the molecule is CCN(c1ccc(NC(=O)c2oc3ccccc3c2CS(C)(=O)=O)cc1)C(C)C. The second-order valence-electron chi connectivity index (χ2n) is 7.36. The fraction of sp³-hybridized carbons (Fsp3) is 0.318. The molecule has 0 atom stereocenters. The van der Waals surface area contributed by atoms with Crippen LogP contribution in [0.2, 0.25) is 0 Å². The molecule has 2 aromatic carbocycles. The predicted octanol–water partition coefficient (Wildman–Crippen LogP) is 4.46. The van der Waals surface area contributed by atoms with Crippen molar-refractivity contribution in [3.63, 3.8) is 0 Å². The average Bonchev–Trinajstić information content (AvgIpc) is 3.00. The number of furan rings is 1. The Morgan fingerprint density at radius 2 is 1.76 bits per heavy atom. The molecule has 7 heteroatoms. The molecule has 0 saturated carbocycles. The Morgan fingerprint density at radius 1 is 1.10 bits per heavy atom. The molecule has 0 aliphatic heterocycles. The van der Waals surface area contributed by atoms with E-state index in [1.807, 2.05) is 24.3 Å². The first-order valence-electron chi connectivity index (χ1n) is 9.55. The molecule has 0 fully saturated rings. The molecule has 1 amide bonds. The fourth-order valence-corrected chi connectivity index (χ4v) is 4.27. The summed E-state index contributed by atoms with van der Waals surface area (Å²) in [6.07, 6.45) is 1.14. The number of carbonyl (C=O) groups excluding carboxylic acids is 1. The molecule has 0 bridgehead atoms. The zero-order valence-corrected chi connectivity index (χ0v) is 17.9. The van der Waals surface area contributed by atoms with Gasteiger partial charge in [0.2, 0.25) is 0 Å². The van der Waals surface area contributed by atoms with E-state index in [9.17, 15) is 13.2 Å². The number of nitrogens with one attached hydrogen (secondary N) is 1. The Morgan fingerprint density at radius 3 is 2.34 bits per heavy atom. The summed E-state index contributed by atoms with van der Waals surface area (Å²) < 4.78 is 29.5. The van der Waals surface area contributed by atoms with E-state index in [4.69, 9.17) is 4.42 Å². The second kappa shape index (κ2) is 8.29. The Labute approximate surface area is 171 Å². The summed E-state index contributed by atoms with van der Waals surface area (Å²) in [6, 6.07) is 15.0. The van der Waals surface area contributed by atoms with Gasteiger partial charge in [0.05, 0.1) is 5.75 Å². The minimum atomic E-state index is -3.34. The van der Waals surface area contributed by atoms with Gasteiger partial charge in [0.25, 0.3) is 5.91 Å². The topological polar surface area (TPSA) is 79.6 Å². The number of benzene rings is 2. The van der Waals surface area contributed by atoms with Crippen LogP contribution in [0.15, 0.2) is 52.9 Å². The number of hydrogen-bond donors (Lipinski definition) is 1. The highest BCUT2D eigenvalue weighted by Gasteiger charge is 2.23. The van der Waals surface area contributed by atoms with Crippen molar-refractivity contribution in [1.29, 1.82) is 0 Å². The van der Waals surface area contributed by atoms with Crippen LogP contribution in [0.3, 0.4) is 0 Å². The highest BCUT2D eigenvalue weighted by molar-refractivity contribution is 7.89. The minimum absolute atomic E-state index is 0.0260. The van der Waals surface area contributed by atoms with Gasteiger partial charge in [-0.2, -0.15) is 0 Å². The maximum Gasteiger partial charge on any atom is 0.291 e. The van der Waals surface area contributed by atoms with Crippen molar-refractivity contribution in [2.75, 3.05) is 23.0 Å². The molecule has 0 aliphatic rings.